The summed E-state index contributed by atoms with van der Waals surface area (Å²) in [4.78, 5) is 0. The Labute approximate surface area is 407 Å². The summed E-state index contributed by atoms with van der Waals surface area (Å²) >= 11 is 4.73. The number of rotatable bonds is 8. The molecule has 0 fully saturated rings. The van der Waals surface area contributed by atoms with Crippen LogP contribution >= 0.6 is 55.3 Å². The van der Waals surface area contributed by atoms with E-state index < -0.39 is 15.8 Å². The van der Waals surface area contributed by atoms with Gasteiger partial charge in [0.25, 0.3) is 0 Å². The molecule has 0 aliphatic carbocycles. The van der Waals surface area contributed by atoms with Gasteiger partial charge in [-0.2, -0.15) is 0 Å². The second-order valence-corrected chi connectivity index (χ2v) is 34.3. The van der Waals surface area contributed by atoms with Crippen LogP contribution in [0.25, 0.3) is 32.7 Å². The number of hydrogen-bond donors (Lipinski definition) is 0. The Morgan fingerprint density at radius 2 is 0.698 bits per heavy atom. The van der Waals surface area contributed by atoms with Crippen LogP contribution in [0.15, 0.2) is 194 Å². The van der Waals surface area contributed by atoms with E-state index in [0.29, 0.717) is 16.0 Å². The number of hydrogen-bond acceptors (Lipinski definition) is 0. The Bertz CT molecular complexity index is 2690. The van der Waals surface area contributed by atoms with Gasteiger partial charge in [0.15, 0.2) is 0 Å². The molecule has 0 saturated heterocycles. The van der Waals surface area contributed by atoms with E-state index in [1.165, 1.54) is 97.9 Å². The molecule has 0 amide bonds. The molecule has 0 unspecified atom stereocenters. The minimum atomic E-state index is -0.895. The maximum atomic E-state index is 2.45. The van der Waals surface area contributed by atoms with E-state index in [1.807, 2.05) is 0 Å². The number of benzene rings is 9. The van der Waals surface area contributed by atoms with Crippen LogP contribution in [-0.4, -0.2) is 0 Å². The van der Waals surface area contributed by atoms with Gasteiger partial charge in [-0.05, 0) is 126 Å². The summed E-state index contributed by atoms with van der Waals surface area (Å²) in [5.41, 5.74) is 10.6. The first-order valence-electron chi connectivity index (χ1n) is 21.4. The molecule has 0 bridgehead atoms. The summed E-state index contributed by atoms with van der Waals surface area (Å²) in [5.74, 6) is 0.653. The summed E-state index contributed by atoms with van der Waals surface area (Å²) in [6, 6.07) is 73.1. The normalized spacial score (nSPS) is 11.2. The molecule has 0 aliphatic rings. The van der Waals surface area contributed by atoms with Gasteiger partial charge in [-0.15, -0.1) is 0 Å². The van der Waals surface area contributed by atoms with E-state index in [9.17, 15) is 0 Å². The van der Waals surface area contributed by atoms with Crippen LogP contribution < -0.4 is 31.8 Å². The summed E-state index contributed by atoms with van der Waals surface area (Å²) in [5, 5.41) is 13.5. The molecule has 0 atom stereocenters. The topological polar surface area (TPSA) is 0 Å². The van der Waals surface area contributed by atoms with Crippen molar-refractivity contribution in [2.45, 2.75) is 54.4 Å². The number of aryl methyl sites for hydroxylation is 5. The van der Waals surface area contributed by atoms with Gasteiger partial charge in [-0.3, -0.25) is 0 Å². The van der Waals surface area contributed by atoms with Gasteiger partial charge in [-0.1, -0.05) is 236 Å². The minimum absolute atomic E-state index is 0.650. The molecule has 9 rings (SSSR count). The Balaban J connectivity index is 0.000000397. The van der Waals surface area contributed by atoms with Crippen molar-refractivity contribution in [1.29, 1.82) is 0 Å². The predicted octanol–water partition coefficient (Wildman–Crippen LogP) is 15.3. The summed E-state index contributed by atoms with van der Waals surface area (Å²) in [6.07, 6.45) is 0. The zero-order valence-electron chi connectivity index (χ0n) is 37.1. The van der Waals surface area contributed by atoms with Crippen molar-refractivity contribution >= 4 is 109 Å². The zero-order valence-corrected chi connectivity index (χ0v) is 44.9. The van der Waals surface area contributed by atoms with E-state index in [0.717, 1.165) is 0 Å². The van der Waals surface area contributed by atoms with Crippen LogP contribution in [0.3, 0.4) is 0 Å². The predicted molar refractivity (Wildman–Crippen MR) is 297 cm³/mol. The molecule has 63 heavy (non-hydrogen) atoms. The Morgan fingerprint density at radius 3 is 1.02 bits per heavy atom. The molecule has 0 aromatic heterocycles. The fraction of sp³-hybridized carbons (Fsp3) is 0.138. The molecule has 9 aromatic rings. The molecule has 0 heterocycles. The van der Waals surface area contributed by atoms with Crippen LogP contribution in [0.5, 0.6) is 0 Å². The van der Waals surface area contributed by atoms with Gasteiger partial charge in [-0.25, -0.2) is 0 Å². The molecule has 9 aromatic carbocycles. The SMILES string of the molecule is Cc1ccc(C(C)C)cc1.Cc1cccc(P(c2cccc(C)c2)c2ccc3ccccc3c2-c2c(P(c3cccc(C)c3)c3cccc(C)c3)ccc3ccccc23)c1.[I][Ru][I]. The molecule has 0 aliphatic heterocycles. The van der Waals surface area contributed by atoms with Gasteiger partial charge in [0.05, 0.1) is 0 Å². The van der Waals surface area contributed by atoms with Crippen molar-refractivity contribution in [3.05, 3.63) is 228 Å². The Kier molecular flexibility index (Phi) is 17.0. The monoisotopic (exact) mass is 1170 g/mol. The van der Waals surface area contributed by atoms with Crippen molar-refractivity contribution < 1.29 is 10.1 Å². The molecular weight excluding hydrogens is 1110 g/mol. The van der Waals surface area contributed by atoms with Crippen molar-refractivity contribution in [2.24, 2.45) is 0 Å². The molecule has 5 heteroatoms. The molecule has 0 radical (unpaired) electrons. The third-order valence-corrected chi connectivity index (χ3v) is 16.2. The molecule has 0 saturated carbocycles. The molecule has 318 valence electrons. The van der Waals surface area contributed by atoms with Crippen LogP contribution in [0.4, 0.5) is 0 Å². The third-order valence-electron chi connectivity index (χ3n) is 11.3. The molecule has 0 N–H and O–H groups in total. The fourth-order valence-electron chi connectivity index (χ4n) is 8.29. The van der Waals surface area contributed by atoms with Crippen LogP contribution in [0.2, 0.25) is 0 Å². The number of halogens is 2. The van der Waals surface area contributed by atoms with Crippen LogP contribution in [0, 0.1) is 34.6 Å². The number of fused-ring (bicyclic) bond motifs is 2. The summed E-state index contributed by atoms with van der Waals surface area (Å²) in [7, 11) is -1.14. The second kappa shape index (κ2) is 22.6. The van der Waals surface area contributed by atoms with Gasteiger partial charge >= 0.3 is 49.6 Å². The van der Waals surface area contributed by atoms with E-state index in [1.54, 1.807) is 0 Å². The first-order valence-corrected chi connectivity index (χ1v) is 34.4. The Hall–Kier alpha value is -3.56. The van der Waals surface area contributed by atoms with E-state index in [-0.39, 0.29) is 0 Å². The van der Waals surface area contributed by atoms with Crippen molar-refractivity contribution in [1.82, 2.24) is 0 Å². The first-order chi connectivity index (χ1) is 30.6. The maximum absolute atomic E-state index is 2.45. The fourth-order valence-corrected chi connectivity index (χ4v) is 13.6. The van der Waals surface area contributed by atoms with Crippen molar-refractivity contribution in [2.75, 3.05) is 0 Å². The standard InChI is InChI=1S/C48H40P2.C10H14.2HI.Ru/c1-33-13-9-19-39(29-33)49(40-20-10-14-34(2)30-40)45-27-25-37-17-5-7-23-43(37)47(45)48-44-24-8-6-18-38(44)26-28-46(48)50(41-21-11-15-35(3)31-41)42-22-12-16-36(4)32-42;1-8(2)10-6-4-9(3)5-7-10;;;/h5-32H,1-4H3;4-8H,1-3H3;2*1H;/q;;;;+2/p-2. The second-order valence-electron chi connectivity index (χ2n) is 16.5. The van der Waals surface area contributed by atoms with Crippen molar-refractivity contribution in [3.8, 4) is 11.1 Å². The first kappa shape index (κ1) is 47.4. The zero-order chi connectivity index (χ0) is 44.5. The molecule has 0 nitrogen and oxygen atoms in total. The van der Waals surface area contributed by atoms with Gasteiger partial charge in [0.2, 0.25) is 0 Å². The van der Waals surface area contributed by atoms with Crippen LogP contribution in [0.1, 0.15) is 53.1 Å². The van der Waals surface area contributed by atoms with Gasteiger partial charge in [0, 0.05) is 0 Å². The van der Waals surface area contributed by atoms with Crippen molar-refractivity contribution in [3.63, 3.8) is 0 Å². The van der Waals surface area contributed by atoms with Gasteiger partial charge < -0.3 is 0 Å². The summed E-state index contributed by atoms with van der Waals surface area (Å²) < 4.78 is 0. The van der Waals surface area contributed by atoms with E-state index in [2.05, 4.69) is 282 Å². The van der Waals surface area contributed by atoms with E-state index in [4.69, 9.17) is 0 Å². The quantitative estimate of drug-likeness (QED) is 0.0808. The van der Waals surface area contributed by atoms with Gasteiger partial charge in [0.1, 0.15) is 0 Å². The average Bonchev–Trinajstić information content (AvgIpc) is 3.27. The molecular formula is C58H54I2P2Ru. The average molecular weight is 1170 g/mol. The van der Waals surface area contributed by atoms with Crippen LogP contribution in [-0.2, 0) is 10.1 Å². The summed E-state index contributed by atoms with van der Waals surface area (Å²) in [6.45, 7) is 15.4. The molecule has 0 spiro atoms. The van der Waals surface area contributed by atoms with E-state index >= 15 is 0 Å². The Morgan fingerprint density at radius 1 is 0.365 bits per heavy atom. The third kappa shape index (κ3) is 11.6.